The Bertz CT molecular complexity index is 600. The number of hydrogen-bond acceptors (Lipinski definition) is 5. The number of aliphatic hydroxyl groups excluding tert-OH is 1. The fourth-order valence-corrected chi connectivity index (χ4v) is 2.92. The van der Waals surface area contributed by atoms with Crippen molar-refractivity contribution >= 4 is 27.6 Å². The second-order valence-corrected chi connectivity index (χ2v) is 5.87. The van der Waals surface area contributed by atoms with Gasteiger partial charge in [0.05, 0.1) is 6.61 Å². The van der Waals surface area contributed by atoms with E-state index in [0.29, 0.717) is 0 Å². The first kappa shape index (κ1) is 14.3. The smallest absolute Gasteiger partial charge is 0.225 e. The SMILES string of the molecule is OCc1ccc(Br)cc1N1CCN(c2ncccn2)CC1. The number of halogens is 1. The molecular formula is C15H17BrN4O. The molecule has 0 atom stereocenters. The van der Waals surface area contributed by atoms with Gasteiger partial charge in [-0.1, -0.05) is 22.0 Å². The van der Waals surface area contributed by atoms with Gasteiger partial charge in [-0.05, 0) is 18.2 Å². The van der Waals surface area contributed by atoms with Crippen molar-refractivity contribution in [1.29, 1.82) is 0 Å². The minimum atomic E-state index is 0.0601. The highest BCUT2D eigenvalue weighted by molar-refractivity contribution is 9.10. The van der Waals surface area contributed by atoms with Crippen LogP contribution in [0, 0.1) is 0 Å². The molecule has 0 amide bonds. The van der Waals surface area contributed by atoms with Crippen LogP contribution >= 0.6 is 15.9 Å². The van der Waals surface area contributed by atoms with Gasteiger partial charge in [0, 0.05) is 54.3 Å². The molecule has 1 saturated heterocycles. The fraction of sp³-hybridized carbons (Fsp3) is 0.333. The van der Waals surface area contributed by atoms with E-state index >= 15 is 0 Å². The predicted octanol–water partition coefficient (Wildman–Crippen LogP) is 2.06. The molecule has 0 saturated carbocycles. The van der Waals surface area contributed by atoms with Crippen LogP contribution in [0.3, 0.4) is 0 Å². The third kappa shape index (κ3) is 3.16. The Morgan fingerprint density at radius 2 is 1.71 bits per heavy atom. The maximum absolute atomic E-state index is 9.50. The third-order valence-electron chi connectivity index (χ3n) is 3.67. The summed E-state index contributed by atoms with van der Waals surface area (Å²) in [6, 6.07) is 7.82. The topological polar surface area (TPSA) is 52.5 Å². The summed E-state index contributed by atoms with van der Waals surface area (Å²) in [7, 11) is 0. The molecule has 0 unspecified atom stereocenters. The first-order chi connectivity index (χ1) is 10.3. The van der Waals surface area contributed by atoms with Crippen LogP contribution in [-0.4, -0.2) is 41.3 Å². The van der Waals surface area contributed by atoms with E-state index in [1.54, 1.807) is 12.4 Å². The lowest BCUT2D eigenvalue weighted by Crippen LogP contribution is -2.47. The van der Waals surface area contributed by atoms with Gasteiger partial charge in [-0.3, -0.25) is 0 Å². The van der Waals surface area contributed by atoms with Gasteiger partial charge >= 0.3 is 0 Å². The summed E-state index contributed by atoms with van der Waals surface area (Å²) < 4.78 is 1.03. The summed E-state index contributed by atoms with van der Waals surface area (Å²) in [5.41, 5.74) is 2.06. The van der Waals surface area contributed by atoms with Gasteiger partial charge in [0.15, 0.2) is 0 Å². The number of piperazine rings is 1. The first-order valence-corrected chi connectivity index (χ1v) is 7.73. The maximum atomic E-state index is 9.50. The van der Waals surface area contributed by atoms with E-state index in [1.807, 2.05) is 18.2 Å². The molecule has 0 bridgehead atoms. The van der Waals surface area contributed by atoms with Crippen molar-refractivity contribution in [2.45, 2.75) is 6.61 Å². The van der Waals surface area contributed by atoms with E-state index in [0.717, 1.165) is 47.9 Å². The van der Waals surface area contributed by atoms with Crippen LogP contribution in [0.2, 0.25) is 0 Å². The van der Waals surface area contributed by atoms with Crippen molar-refractivity contribution in [3.05, 3.63) is 46.7 Å². The van der Waals surface area contributed by atoms with E-state index in [4.69, 9.17) is 0 Å². The van der Waals surface area contributed by atoms with Gasteiger partial charge < -0.3 is 14.9 Å². The van der Waals surface area contributed by atoms with Crippen molar-refractivity contribution in [2.75, 3.05) is 36.0 Å². The highest BCUT2D eigenvalue weighted by Gasteiger charge is 2.20. The Morgan fingerprint density at radius 3 is 2.38 bits per heavy atom. The highest BCUT2D eigenvalue weighted by atomic mass is 79.9. The van der Waals surface area contributed by atoms with Crippen LogP contribution in [-0.2, 0) is 6.61 Å². The normalized spacial score (nSPS) is 15.3. The average molecular weight is 349 g/mol. The highest BCUT2D eigenvalue weighted by Crippen LogP contribution is 2.26. The fourth-order valence-electron chi connectivity index (χ4n) is 2.57. The van der Waals surface area contributed by atoms with Crippen LogP contribution in [0.25, 0.3) is 0 Å². The molecule has 3 rings (SSSR count). The summed E-state index contributed by atoms with van der Waals surface area (Å²) in [5.74, 6) is 0.786. The molecule has 0 radical (unpaired) electrons. The summed E-state index contributed by atoms with van der Waals surface area (Å²) in [6.45, 7) is 3.59. The standard InChI is InChI=1S/C15H17BrN4O/c16-13-3-2-12(11-21)14(10-13)19-6-8-20(9-7-19)15-17-4-1-5-18-15/h1-5,10,21H,6-9,11H2. The van der Waals surface area contributed by atoms with Crippen LogP contribution in [0.15, 0.2) is 41.1 Å². The van der Waals surface area contributed by atoms with E-state index in [-0.39, 0.29) is 6.61 Å². The summed E-state index contributed by atoms with van der Waals surface area (Å²) in [4.78, 5) is 13.1. The molecule has 1 fully saturated rings. The quantitative estimate of drug-likeness (QED) is 0.919. The minimum absolute atomic E-state index is 0.0601. The lowest BCUT2D eigenvalue weighted by Gasteiger charge is -2.36. The summed E-state index contributed by atoms with van der Waals surface area (Å²) in [6.07, 6.45) is 3.54. The van der Waals surface area contributed by atoms with E-state index < -0.39 is 0 Å². The molecule has 110 valence electrons. The number of benzene rings is 1. The molecule has 1 aromatic heterocycles. The molecule has 1 N–H and O–H groups in total. The molecule has 0 aliphatic carbocycles. The van der Waals surface area contributed by atoms with Crippen LogP contribution in [0.1, 0.15) is 5.56 Å². The van der Waals surface area contributed by atoms with E-state index in [9.17, 15) is 5.11 Å². The van der Waals surface area contributed by atoms with Crippen LogP contribution < -0.4 is 9.80 Å². The summed E-state index contributed by atoms with van der Waals surface area (Å²) >= 11 is 3.50. The molecular weight excluding hydrogens is 332 g/mol. The number of nitrogens with zero attached hydrogens (tertiary/aromatic N) is 4. The molecule has 2 heterocycles. The van der Waals surface area contributed by atoms with E-state index in [1.165, 1.54) is 0 Å². The number of rotatable bonds is 3. The zero-order valence-electron chi connectivity index (χ0n) is 11.6. The van der Waals surface area contributed by atoms with E-state index in [2.05, 4.69) is 41.8 Å². The third-order valence-corrected chi connectivity index (χ3v) is 4.17. The van der Waals surface area contributed by atoms with Crippen molar-refractivity contribution in [3.63, 3.8) is 0 Å². The lowest BCUT2D eigenvalue weighted by atomic mass is 10.1. The largest absolute Gasteiger partial charge is 0.392 e. The average Bonchev–Trinajstić information content (AvgIpc) is 2.56. The zero-order valence-corrected chi connectivity index (χ0v) is 13.2. The molecule has 2 aromatic rings. The van der Waals surface area contributed by atoms with Crippen LogP contribution in [0.4, 0.5) is 11.6 Å². The van der Waals surface area contributed by atoms with Crippen LogP contribution in [0.5, 0.6) is 0 Å². The molecule has 1 aliphatic rings. The number of anilines is 2. The maximum Gasteiger partial charge on any atom is 0.225 e. The van der Waals surface area contributed by atoms with Gasteiger partial charge in [-0.25, -0.2) is 9.97 Å². The monoisotopic (exact) mass is 348 g/mol. The molecule has 1 aliphatic heterocycles. The predicted molar refractivity (Wildman–Crippen MR) is 86.5 cm³/mol. The lowest BCUT2D eigenvalue weighted by molar-refractivity contribution is 0.282. The summed E-state index contributed by atoms with van der Waals surface area (Å²) in [5, 5.41) is 9.50. The Kier molecular flexibility index (Phi) is 4.36. The van der Waals surface area contributed by atoms with Gasteiger partial charge in [-0.2, -0.15) is 0 Å². The second kappa shape index (κ2) is 6.41. The van der Waals surface area contributed by atoms with Gasteiger partial charge in [0.25, 0.3) is 0 Å². The Balaban J connectivity index is 1.73. The molecule has 1 aromatic carbocycles. The Labute approximate surface area is 132 Å². The number of aromatic nitrogens is 2. The number of aliphatic hydroxyl groups is 1. The van der Waals surface area contributed by atoms with Gasteiger partial charge in [0.2, 0.25) is 5.95 Å². The Hall–Kier alpha value is -1.66. The van der Waals surface area contributed by atoms with Crippen molar-refractivity contribution in [2.24, 2.45) is 0 Å². The Morgan fingerprint density at radius 1 is 1.05 bits per heavy atom. The number of hydrogen-bond donors (Lipinski definition) is 1. The molecule has 5 nitrogen and oxygen atoms in total. The first-order valence-electron chi connectivity index (χ1n) is 6.94. The minimum Gasteiger partial charge on any atom is -0.392 e. The van der Waals surface area contributed by atoms with Crippen molar-refractivity contribution < 1.29 is 5.11 Å². The van der Waals surface area contributed by atoms with Crippen molar-refractivity contribution in [1.82, 2.24) is 9.97 Å². The van der Waals surface area contributed by atoms with Gasteiger partial charge in [-0.15, -0.1) is 0 Å². The second-order valence-electron chi connectivity index (χ2n) is 4.95. The van der Waals surface area contributed by atoms with Gasteiger partial charge in [0.1, 0.15) is 0 Å². The molecule has 21 heavy (non-hydrogen) atoms. The molecule has 6 heteroatoms. The molecule has 0 spiro atoms. The zero-order chi connectivity index (χ0) is 14.7. The van der Waals surface area contributed by atoms with Crippen molar-refractivity contribution in [3.8, 4) is 0 Å².